The van der Waals surface area contributed by atoms with Gasteiger partial charge in [-0.15, -0.1) is 0 Å². The van der Waals surface area contributed by atoms with Crippen LogP contribution in [-0.4, -0.2) is 46.5 Å². The number of hydrogen-bond donors (Lipinski definition) is 2. The molecule has 1 aliphatic rings. The SMILES string of the molecule is CCNCCS(=O)(=O)NC1CC(OC)C1. The van der Waals surface area contributed by atoms with Gasteiger partial charge in [0.05, 0.1) is 11.9 Å². The monoisotopic (exact) mass is 236 g/mol. The fourth-order valence-electron chi connectivity index (χ4n) is 1.55. The zero-order valence-corrected chi connectivity index (χ0v) is 10.1. The van der Waals surface area contributed by atoms with Gasteiger partial charge in [0.25, 0.3) is 0 Å². The van der Waals surface area contributed by atoms with Gasteiger partial charge in [0.15, 0.2) is 0 Å². The third kappa shape index (κ3) is 4.46. The minimum atomic E-state index is -3.11. The van der Waals surface area contributed by atoms with Gasteiger partial charge >= 0.3 is 0 Å². The van der Waals surface area contributed by atoms with Crippen molar-refractivity contribution in [3.8, 4) is 0 Å². The van der Waals surface area contributed by atoms with E-state index < -0.39 is 10.0 Å². The van der Waals surface area contributed by atoms with Crippen LogP contribution in [0.5, 0.6) is 0 Å². The van der Waals surface area contributed by atoms with Crippen molar-refractivity contribution in [2.45, 2.75) is 31.9 Å². The molecule has 0 aromatic heterocycles. The Labute approximate surface area is 91.6 Å². The summed E-state index contributed by atoms with van der Waals surface area (Å²) in [6.07, 6.45) is 1.81. The quantitative estimate of drug-likeness (QED) is 0.595. The smallest absolute Gasteiger partial charge is 0.213 e. The summed E-state index contributed by atoms with van der Waals surface area (Å²) in [6, 6.07) is 0.0709. The summed E-state index contributed by atoms with van der Waals surface area (Å²) in [5.41, 5.74) is 0. The first kappa shape index (κ1) is 12.9. The van der Waals surface area contributed by atoms with Gasteiger partial charge in [0, 0.05) is 19.7 Å². The highest BCUT2D eigenvalue weighted by Crippen LogP contribution is 2.22. The Balaban J connectivity index is 2.19. The molecule has 5 nitrogen and oxygen atoms in total. The molecule has 0 bridgehead atoms. The predicted octanol–water partition coefficient (Wildman–Crippen LogP) is -0.307. The van der Waals surface area contributed by atoms with E-state index in [9.17, 15) is 8.42 Å². The van der Waals surface area contributed by atoms with Gasteiger partial charge in [-0.2, -0.15) is 0 Å². The van der Waals surface area contributed by atoms with Gasteiger partial charge in [0.1, 0.15) is 0 Å². The van der Waals surface area contributed by atoms with E-state index in [0.29, 0.717) is 6.54 Å². The lowest BCUT2D eigenvalue weighted by Gasteiger charge is -2.34. The Morgan fingerprint density at radius 1 is 1.40 bits per heavy atom. The number of nitrogens with one attached hydrogen (secondary N) is 2. The summed E-state index contributed by atoms with van der Waals surface area (Å²) in [6.45, 7) is 3.26. The molecule has 0 amide bonds. The molecule has 0 unspecified atom stereocenters. The third-order valence-electron chi connectivity index (χ3n) is 2.57. The molecule has 0 saturated heterocycles. The fraction of sp³-hybridized carbons (Fsp3) is 1.00. The molecule has 0 aromatic carbocycles. The van der Waals surface area contributed by atoms with Crippen molar-refractivity contribution in [1.82, 2.24) is 10.0 Å². The van der Waals surface area contributed by atoms with E-state index in [1.807, 2.05) is 6.92 Å². The molecule has 1 rings (SSSR count). The van der Waals surface area contributed by atoms with Crippen LogP contribution in [0.15, 0.2) is 0 Å². The van der Waals surface area contributed by atoms with Crippen molar-refractivity contribution in [2.75, 3.05) is 26.0 Å². The molecule has 15 heavy (non-hydrogen) atoms. The molecule has 1 aliphatic carbocycles. The standard InChI is InChI=1S/C9H20N2O3S/c1-3-10-4-5-15(12,13)11-8-6-9(7-8)14-2/h8-11H,3-7H2,1-2H3. The molecule has 0 aliphatic heterocycles. The van der Waals surface area contributed by atoms with Crippen LogP contribution < -0.4 is 10.0 Å². The van der Waals surface area contributed by atoms with Crippen LogP contribution in [0.4, 0.5) is 0 Å². The van der Waals surface area contributed by atoms with Crippen LogP contribution >= 0.6 is 0 Å². The van der Waals surface area contributed by atoms with E-state index in [-0.39, 0.29) is 17.9 Å². The van der Waals surface area contributed by atoms with E-state index >= 15 is 0 Å². The van der Waals surface area contributed by atoms with Gasteiger partial charge in [-0.25, -0.2) is 13.1 Å². The van der Waals surface area contributed by atoms with Gasteiger partial charge in [-0.05, 0) is 19.4 Å². The van der Waals surface area contributed by atoms with Crippen molar-refractivity contribution in [3.63, 3.8) is 0 Å². The van der Waals surface area contributed by atoms with E-state index in [2.05, 4.69) is 10.0 Å². The van der Waals surface area contributed by atoms with E-state index in [0.717, 1.165) is 19.4 Å². The highest BCUT2D eigenvalue weighted by Gasteiger charge is 2.31. The Kier molecular flexibility index (Phi) is 4.98. The second-order valence-corrected chi connectivity index (χ2v) is 5.69. The molecule has 0 heterocycles. The van der Waals surface area contributed by atoms with Crippen LogP contribution in [0.1, 0.15) is 19.8 Å². The maximum absolute atomic E-state index is 11.5. The van der Waals surface area contributed by atoms with Crippen LogP contribution in [-0.2, 0) is 14.8 Å². The van der Waals surface area contributed by atoms with Gasteiger partial charge in [-0.1, -0.05) is 6.92 Å². The topological polar surface area (TPSA) is 67.4 Å². The maximum atomic E-state index is 11.5. The largest absolute Gasteiger partial charge is 0.381 e. The average Bonchev–Trinajstić information content (AvgIpc) is 2.11. The van der Waals surface area contributed by atoms with Crippen LogP contribution in [0.25, 0.3) is 0 Å². The molecule has 0 atom stereocenters. The van der Waals surface area contributed by atoms with E-state index in [1.54, 1.807) is 7.11 Å². The van der Waals surface area contributed by atoms with E-state index in [1.165, 1.54) is 0 Å². The third-order valence-corrected chi connectivity index (χ3v) is 4.01. The average molecular weight is 236 g/mol. The van der Waals surface area contributed by atoms with Crippen LogP contribution in [0, 0.1) is 0 Å². The second-order valence-electron chi connectivity index (χ2n) is 3.82. The number of hydrogen-bond acceptors (Lipinski definition) is 4. The minimum Gasteiger partial charge on any atom is -0.381 e. The Morgan fingerprint density at radius 2 is 2.07 bits per heavy atom. The van der Waals surface area contributed by atoms with E-state index in [4.69, 9.17) is 4.74 Å². The summed E-state index contributed by atoms with van der Waals surface area (Å²) in [4.78, 5) is 0. The predicted molar refractivity (Wildman–Crippen MR) is 59.3 cm³/mol. The molecule has 0 radical (unpaired) electrons. The summed E-state index contributed by atoms with van der Waals surface area (Å²) in [7, 11) is -1.46. The number of rotatable bonds is 7. The lowest BCUT2D eigenvalue weighted by molar-refractivity contribution is 0.0236. The van der Waals surface area contributed by atoms with Crippen LogP contribution in [0.2, 0.25) is 0 Å². The molecule has 0 aromatic rings. The zero-order valence-electron chi connectivity index (χ0n) is 9.32. The highest BCUT2D eigenvalue weighted by atomic mass is 32.2. The fourth-order valence-corrected chi connectivity index (χ4v) is 2.78. The Hall–Kier alpha value is -0.170. The highest BCUT2D eigenvalue weighted by molar-refractivity contribution is 7.89. The lowest BCUT2D eigenvalue weighted by atomic mass is 9.90. The van der Waals surface area contributed by atoms with Crippen molar-refractivity contribution >= 4 is 10.0 Å². The van der Waals surface area contributed by atoms with Gasteiger partial charge in [-0.3, -0.25) is 0 Å². The zero-order chi connectivity index (χ0) is 11.3. The number of ether oxygens (including phenoxy) is 1. The first-order valence-corrected chi connectivity index (χ1v) is 6.96. The van der Waals surface area contributed by atoms with Crippen LogP contribution in [0.3, 0.4) is 0 Å². The minimum absolute atomic E-state index is 0.0709. The Morgan fingerprint density at radius 3 is 2.60 bits per heavy atom. The lowest BCUT2D eigenvalue weighted by Crippen LogP contribution is -2.48. The van der Waals surface area contributed by atoms with Crippen molar-refractivity contribution < 1.29 is 13.2 Å². The van der Waals surface area contributed by atoms with Crippen molar-refractivity contribution in [2.24, 2.45) is 0 Å². The van der Waals surface area contributed by atoms with Crippen molar-refractivity contribution in [1.29, 1.82) is 0 Å². The molecular formula is C9H20N2O3S. The van der Waals surface area contributed by atoms with Gasteiger partial charge in [0.2, 0.25) is 10.0 Å². The number of methoxy groups -OCH3 is 1. The van der Waals surface area contributed by atoms with Gasteiger partial charge < -0.3 is 10.1 Å². The molecule has 0 spiro atoms. The summed E-state index contributed by atoms with van der Waals surface area (Å²) < 4.78 is 30.8. The normalized spacial score (nSPS) is 26.3. The summed E-state index contributed by atoms with van der Waals surface area (Å²) >= 11 is 0. The number of sulfonamides is 1. The van der Waals surface area contributed by atoms with Crippen molar-refractivity contribution in [3.05, 3.63) is 0 Å². The molecule has 6 heteroatoms. The molecule has 2 N–H and O–H groups in total. The molecular weight excluding hydrogens is 216 g/mol. The second kappa shape index (κ2) is 5.79. The Bertz CT molecular complexity index is 273. The first-order valence-electron chi connectivity index (χ1n) is 5.31. The molecule has 1 fully saturated rings. The molecule has 1 saturated carbocycles. The summed E-state index contributed by atoms with van der Waals surface area (Å²) in [5, 5.41) is 2.99. The first-order chi connectivity index (χ1) is 7.07. The summed E-state index contributed by atoms with van der Waals surface area (Å²) in [5.74, 6) is 0.148. The molecule has 90 valence electrons. The maximum Gasteiger partial charge on any atom is 0.213 e.